The van der Waals surface area contributed by atoms with Gasteiger partial charge in [-0.15, -0.1) is 11.3 Å². The molecule has 1 aromatic heterocycles. The lowest BCUT2D eigenvalue weighted by atomic mass is 9.75. The number of carbonyl (C=O) groups excluding carboxylic acids is 1. The molecule has 0 amide bonds. The third-order valence-corrected chi connectivity index (χ3v) is 5.40. The molecular weight excluding hydrogens is 230 g/mol. The van der Waals surface area contributed by atoms with Crippen molar-refractivity contribution < 1.29 is 4.79 Å². The van der Waals surface area contributed by atoms with E-state index in [1.807, 2.05) is 6.07 Å². The van der Waals surface area contributed by atoms with E-state index in [1.54, 1.807) is 11.3 Å². The predicted molar refractivity (Wildman–Crippen MR) is 72.0 cm³/mol. The number of piperidine rings is 1. The number of carbonyl (C=O) groups is 1. The van der Waals surface area contributed by atoms with Crippen molar-refractivity contribution in [2.45, 2.75) is 32.1 Å². The number of rotatable bonds is 2. The Morgan fingerprint density at radius 3 is 2.76 bits per heavy atom. The summed E-state index contributed by atoms with van der Waals surface area (Å²) >= 11 is 1.64. The van der Waals surface area contributed by atoms with Crippen LogP contribution in [0.25, 0.3) is 0 Å². The highest BCUT2D eigenvalue weighted by atomic mass is 32.1. The molecular formula is C14H19NOS. The average Bonchev–Trinajstić information content (AvgIpc) is 2.87. The second-order valence-corrected chi connectivity index (χ2v) is 6.43. The molecule has 0 N–H and O–H groups in total. The maximum absolute atomic E-state index is 10.7. The van der Waals surface area contributed by atoms with Crippen LogP contribution in [0, 0.1) is 11.8 Å². The molecule has 2 nitrogen and oxygen atoms in total. The quantitative estimate of drug-likeness (QED) is 0.747. The van der Waals surface area contributed by atoms with Crippen LogP contribution in [0.1, 0.15) is 41.8 Å². The summed E-state index contributed by atoms with van der Waals surface area (Å²) in [5.74, 6) is 1.88. The molecule has 3 rings (SSSR count). The molecule has 3 heteroatoms. The first-order chi connectivity index (χ1) is 8.36. The highest BCUT2D eigenvalue weighted by Gasteiger charge is 2.31. The molecule has 2 unspecified atom stereocenters. The van der Waals surface area contributed by atoms with Crippen molar-refractivity contribution in [1.82, 2.24) is 0 Å². The standard InChI is InChI=1S/C14H19NOS/c16-10-13-5-6-14(17-13)15-8-7-11-3-1-2-4-12(11)9-15/h5-6,10-12H,1-4,7-9H2. The van der Waals surface area contributed by atoms with Crippen LogP contribution in [0.3, 0.4) is 0 Å². The van der Waals surface area contributed by atoms with E-state index in [-0.39, 0.29) is 0 Å². The minimum absolute atomic E-state index is 0.853. The van der Waals surface area contributed by atoms with Gasteiger partial charge in [-0.3, -0.25) is 4.79 Å². The maximum atomic E-state index is 10.7. The summed E-state index contributed by atoms with van der Waals surface area (Å²) in [6.07, 6.45) is 8.02. The number of thiophene rings is 1. The summed E-state index contributed by atoms with van der Waals surface area (Å²) in [6.45, 7) is 2.39. The minimum atomic E-state index is 0.853. The van der Waals surface area contributed by atoms with E-state index in [9.17, 15) is 4.79 Å². The number of nitrogens with zero attached hydrogens (tertiary/aromatic N) is 1. The normalized spacial score (nSPS) is 28.8. The molecule has 2 fully saturated rings. The Hall–Kier alpha value is -0.830. The fraction of sp³-hybridized carbons (Fsp3) is 0.643. The number of hydrogen-bond acceptors (Lipinski definition) is 3. The molecule has 17 heavy (non-hydrogen) atoms. The fourth-order valence-electron chi connectivity index (χ4n) is 3.38. The Morgan fingerprint density at radius 2 is 2.00 bits per heavy atom. The fourth-order valence-corrected chi connectivity index (χ4v) is 4.23. The van der Waals surface area contributed by atoms with Crippen LogP contribution >= 0.6 is 11.3 Å². The topological polar surface area (TPSA) is 20.3 Å². The second-order valence-electron chi connectivity index (χ2n) is 5.33. The summed E-state index contributed by atoms with van der Waals surface area (Å²) in [5.41, 5.74) is 0. The number of aldehydes is 1. The molecule has 2 aliphatic rings. The smallest absolute Gasteiger partial charge is 0.160 e. The van der Waals surface area contributed by atoms with Crippen LogP contribution in [0.2, 0.25) is 0 Å². The number of fused-ring (bicyclic) bond motifs is 1. The van der Waals surface area contributed by atoms with E-state index in [0.29, 0.717) is 0 Å². The second kappa shape index (κ2) is 4.81. The SMILES string of the molecule is O=Cc1ccc(N2CCC3CCCCC3C2)s1. The van der Waals surface area contributed by atoms with Crippen molar-refractivity contribution in [3.8, 4) is 0 Å². The Kier molecular flexibility index (Phi) is 3.19. The van der Waals surface area contributed by atoms with Crippen molar-refractivity contribution in [2.75, 3.05) is 18.0 Å². The third-order valence-electron chi connectivity index (χ3n) is 4.33. The lowest BCUT2D eigenvalue weighted by Gasteiger charge is -2.41. The van der Waals surface area contributed by atoms with Crippen LogP contribution in [0.15, 0.2) is 12.1 Å². The average molecular weight is 249 g/mol. The van der Waals surface area contributed by atoms with Gasteiger partial charge in [-0.05, 0) is 36.8 Å². The van der Waals surface area contributed by atoms with Gasteiger partial charge in [0, 0.05) is 13.1 Å². The lowest BCUT2D eigenvalue weighted by molar-refractivity contribution is 0.112. The number of hydrogen-bond donors (Lipinski definition) is 0. The maximum Gasteiger partial charge on any atom is 0.160 e. The molecule has 1 saturated carbocycles. The lowest BCUT2D eigenvalue weighted by Crippen LogP contribution is -2.41. The molecule has 0 aromatic carbocycles. The van der Waals surface area contributed by atoms with Crippen molar-refractivity contribution in [1.29, 1.82) is 0 Å². The van der Waals surface area contributed by atoms with Crippen molar-refractivity contribution in [3.63, 3.8) is 0 Å². The van der Waals surface area contributed by atoms with Gasteiger partial charge in [-0.2, -0.15) is 0 Å². The Morgan fingerprint density at radius 1 is 1.18 bits per heavy atom. The van der Waals surface area contributed by atoms with E-state index < -0.39 is 0 Å². The molecule has 0 spiro atoms. The first-order valence-corrected chi connectivity index (χ1v) is 7.48. The zero-order valence-electron chi connectivity index (χ0n) is 10.1. The summed E-state index contributed by atoms with van der Waals surface area (Å²) in [4.78, 5) is 14.1. The Balaban J connectivity index is 1.70. The monoisotopic (exact) mass is 249 g/mol. The van der Waals surface area contributed by atoms with Gasteiger partial charge in [0.15, 0.2) is 6.29 Å². The van der Waals surface area contributed by atoms with Crippen LogP contribution in [0.4, 0.5) is 5.00 Å². The van der Waals surface area contributed by atoms with Gasteiger partial charge in [0.05, 0.1) is 9.88 Å². The molecule has 2 heterocycles. The first kappa shape index (κ1) is 11.3. The van der Waals surface area contributed by atoms with E-state index in [2.05, 4.69) is 11.0 Å². The van der Waals surface area contributed by atoms with Crippen LogP contribution < -0.4 is 4.90 Å². The van der Waals surface area contributed by atoms with E-state index in [4.69, 9.17) is 0 Å². The van der Waals surface area contributed by atoms with Crippen LogP contribution in [0.5, 0.6) is 0 Å². The molecule has 1 saturated heterocycles. The largest absolute Gasteiger partial charge is 0.363 e. The van der Waals surface area contributed by atoms with Gasteiger partial charge in [0.25, 0.3) is 0 Å². The Bertz CT molecular complexity index is 401. The summed E-state index contributed by atoms with van der Waals surface area (Å²) < 4.78 is 0. The molecule has 2 atom stereocenters. The van der Waals surface area contributed by atoms with Crippen molar-refractivity contribution in [3.05, 3.63) is 17.0 Å². The predicted octanol–water partition coefficient (Wildman–Crippen LogP) is 3.58. The van der Waals surface area contributed by atoms with E-state index in [0.717, 1.165) is 23.0 Å². The molecule has 1 aromatic rings. The zero-order valence-corrected chi connectivity index (χ0v) is 10.9. The molecule has 0 bridgehead atoms. The van der Waals surface area contributed by atoms with Gasteiger partial charge in [0.2, 0.25) is 0 Å². The number of anilines is 1. The van der Waals surface area contributed by atoms with Crippen LogP contribution in [-0.2, 0) is 0 Å². The van der Waals surface area contributed by atoms with Crippen molar-refractivity contribution >= 4 is 22.6 Å². The third kappa shape index (κ3) is 2.25. The van der Waals surface area contributed by atoms with Gasteiger partial charge in [-0.25, -0.2) is 0 Å². The summed E-state index contributed by atoms with van der Waals surface area (Å²) in [6, 6.07) is 4.05. The van der Waals surface area contributed by atoms with E-state index in [1.165, 1.54) is 50.2 Å². The minimum Gasteiger partial charge on any atom is -0.363 e. The molecule has 1 aliphatic heterocycles. The zero-order chi connectivity index (χ0) is 11.7. The molecule has 1 aliphatic carbocycles. The van der Waals surface area contributed by atoms with Gasteiger partial charge in [-0.1, -0.05) is 19.3 Å². The Labute approximate surface area is 107 Å². The van der Waals surface area contributed by atoms with E-state index >= 15 is 0 Å². The summed E-state index contributed by atoms with van der Waals surface area (Å²) in [7, 11) is 0. The molecule has 92 valence electrons. The summed E-state index contributed by atoms with van der Waals surface area (Å²) in [5, 5.41) is 1.29. The van der Waals surface area contributed by atoms with Gasteiger partial charge >= 0.3 is 0 Å². The highest BCUT2D eigenvalue weighted by Crippen LogP contribution is 2.38. The van der Waals surface area contributed by atoms with Crippen LogP contribution in [-0.4, -0.2) is 19.4 Å². The first-order valence-electron chi connectivity index (χ1n) is 6.67. The highest BCUT2D eigenvalue weighted by molar-refractivity contribution is 7.17. The molecule has 0 radical (unpaired) electrons. The van der Waals surface area contributed by atoms with Crippen molar-refractivity contribution in [2.24, 2.45) is 11.8 Å². The van der Waals surface area contributed by atoms with Gasteiger partial charge < -0.3 is 4.90 Å². The van der Waals surface area contributed by atoms with Gasteiger partial charge in [0.1, 0.15) is 0 Å².